The highest BCUT2D eigenvalue weighted by Gasteiger charge is 2.63. The number of nitrogens with two attached hydrogens (primary N) is 1. The van der Waals surface area contributed by atoms with Crippen LogP contribution < -0.4 is 5.73 Å². The van der Waals surface area contributed by atoms with Crippen LogP contribution in [0.1, 0.15) is 47.0 Å². The minimum absolute atomic E-state index is 0. The van der Waals surface area contributed by atoms with Crippen LogP contribution >= 0.6 is 12.4 Å². The molecule has 1 aliphatic carbocycles. The maximum absolute atomic E-state index is 12.8. The van der Waals surface area contributed by atoms with Gasteiger partial charge >= 0.3 is 0 Å². The monoisotopic (exact) mass is 304 g/mol. The predicted molar refractivity (Wildman–Crippen MR) is 83.0 cm³/mol. The Kier molecular flexibility index (Phi) is 5.50. The summed E-state index contributed by atoms with van der Waals surface area (Å²) in [6, 6.07) is 0. The van der Waals surface area contributed by atoms with Gasteiger partial charge in [-0.2, -0.15) is 0 Å². The molecule has 0 bridgehead atoms. The number of hydrogen-bond acceptors (Lipinski definition) is 3. The van der Waals surface area contributed by atoms with Crippen molar-refractivity contribution in [2.75, 3.05) is 19.7 Å². The summed E-state index contributed by atoms with van der Waals surface area (Å²) in [5.74, 6) is 0.715. The smallest absolute Gasteiger partial charge is 0.243 e. The summed E-state index contributed by atoms with van der Waals surface area (Å²) >= 11 is 0. The first-order valence-electron chi connectivity index (χ1n) is 7.52. The number of amides is 1. The second-order valence-corrected chi connectivity index (χ2v) is 6.84. The van der Waals surface area contributed by atoms with Gasteiger partial charge in [-0.1, -0.05) is 20.8 Å². The fraction of sp³-hybridized carbons (Fsp3) is 0.933. The van der Waals surface area contributed by atoms with Crippen molar-refractivity contribution in [3.05, 3.63) is 0 Å². The first-order chi connectivity index (χ1) is 8.83. The van der Waals surface area contributed by atoms with Crippen molar-refractivity contribution in [3.8, 4) is 0 Å². The molecule has 3 unspecified atom stereocenters. The zero-order chi connectivity index (χ0) is 14.3. The van der Waals surface area contributed by atoms with Gasteiger partial charge < -0.3 is 15.4 Å². The average Bonchev–Trinajstić information content (AvgIpc) is 2.37. The van der Waals surface area contributed by atoms with Crippen LogP contribution in [0.5, 0.6) is 0 Å². The van der Waals surface area contributed by atoms with Gasteiger partial charge in [-0.05, 0) is 25.7 Å². The lowest BCUT2D eigenvalue weighted by atomic mass is 9.54. The third kappa shape index (κ3) is 2.70. The molecule has 1 amide bonds. The molecule has 0 aromatic carbocycles. The minimum atomic E-state index is -0.746. The maximum Gasteiger partial charge on any atom is 0.243 e. The van der Waals surface area contributed by atoms with E-state index < -0.39 is 5.54 Å². The van der Waals surface area contributed by atoms with Gasteiger partial charge in [0, 0.05) is 31.5 Å². The molecule has 1 saturated carbocycles. The fourth-order valence-electron chi connectivity index (χ4n) is 3.45. The number of nitrogens with zero attached hydrogens (tertiary/aromatic N) is 1. The molecule has 5 heteroatoms. The number of likely N-dealkylation sites (tertiary alicyclic amines) is 1. The van der Waals surface area contributed by atoms with Gasteiger partial charge in [-0.25, -0.2) is 0 Å². The van der Waals surface area contributed by atoms with Crippen LogP contribution in [0, 0.1) is 11.3 Å². The summed E-state index contributed by atoms with van der Waals surface area (Å²) in [4.78, 5) is 14.7. The number of carbonyl (C=O) groups excluding carboxylic acids is 1. The molecule has 0 aromatic rings. The molecule has 2 fully saturated rings. The third-order valence-corrected chi connectivity index (χ3v) is 5.16. The quantitative estimate of drug-likeness (QED) is 0.869. The molecule has 3 atom stereocenters. The van der Waals surface area contributed by atoms with Gasteiger partial charge in [0.15, 0.2) is 0 Å². The van der Waals surface area contributed by atoms with Gasteiger partial charge in [-0.3, -0.25) is 4.79 Å². The summed E-state index contributed by atoms with van der Waals surface area (Å²) in [6.07, 6.45) is 3.07. The molecular weight excluding hydrogens is 276 g/mol. The molecular formula is C15H29ClN2O2. The largest absolute Gasteiger partial charge is 0.378 e. The molecule has 2 N–H and O–H groups in total. The van der Waals surface area contributed by atoms with Gasteiger partial charge in [0.1, 0.15) is 5.54 Å². The number of hydrogen-bond donors (Lipinski definition) is 1. The lowest BCUT2D eigenvalue weighted by Crippen LogP contribution is -2.76. The van der Waals surface area contributed by atoms with Crippen LogP contribution in [0.3, 0.4) is 0 Å². The van der Waals surface area contributed by atoms with E-state index in [0.29, 0.717) is 18.9 Å². The minimum Gasteiger partial charge on any atom is -0.378 e. The Hall–Kier alpha value is -0.320. The van der Waals surface area contributed by atoms with E-state index in [1.807, 2.05) is 11.8 Å². The highest BCUT2D eigenvalue weighted by Crippen LogP contribution is 2.50. The van der Waals surface area contributed by atoms with Gasteiger partial charge in [-0.15, -0.1) is 12.4 Å². The van der Waals surface area contributed by atoms with Gasteiger partial charge in [0.2, 0.25) is 5.91 Å². The van der Waals surface area contributed by atoms with Crippen LogP contribution in [0.25, 0.3) is 0 Å². The van der Waals surface area contributed by atoms with E-state index in [1.54, 1.807) is 0 Å². The highest BCUT2D eigenvalue weighted by atomic mass is 35.5. The predicted octanol–water partition coefficient (Wildman–Crippen LogP) is 2.20. The van der Waals surface area contributed by atoms with Gasteiger partial charge in [0.25, 0.3) is 0 Å². The third-order valence-electron chi connectivity index (χ3n) is 5.16. The van der Waals surface area contributed by atoms with Crippen LogP contribution in [0.15, 0.2) is 0 Å². The van der Waals surface area contributed by atoms with E-state index in [9.17, 15) is 4.79 Å². The van der Waals surface area contributed by atoms with Crippen molar-refractivity contribution in [2.45, 2.75) is 58.6 Å². The Bertz CT molecular complexity index is 362. The average molecular weight is 305 g/mol. The molecule has 118 valence electrons. The second-order valence-electron chi connectivity index (χ2n) is 6.84. The first-order valence-corrected chi connectivity index (χ1v) is 7.52. The fourth-order valence-corrected chi connectivity index (χ4v) is 3.45. The number of piperidine rings is 1. The summed E-state index contributed by atoms with van der Waals surface area (Å²) in [7, 11) is 0. The van der Waals surface area contributed by atoms with E-state index in [0.717, 1.165) is 19.5 Å². The molecule has 20 heavy (non-hydrogen) atoms. The van der Waals surface area contributed by atoms with Crippen molar-refractivity contribution in [1.29, 1.82) is 0 Å². The summed E-state index contributed by atoms with van der Waals surface area (Å²) in [6.45, 7) is 10.7. The van der Waals surface area contributed by atoms with Gasteiger partial charge in [0.05, 0.1) is 6.10 Å². The normalized spacial score (nSPS) is 36.0. The van der Waals surface area contributed by atoms with E-state index in [4.69, 9.17) is 10.5 Å². The van der Waals surface area contributed by atoms with Crippen molar-refractivity contribution < 1.29 is 9.53 Å². The van der Waals surface area contributed by atoms with Crippen LogP contribution in [-0.2, 0) is 9.53 Å². The summed E-state index contributed by atoms with van der Waals surface area (Å²) in [5.41, 5.74) is 5.43. The van der Waals surface area contributed by atoms with E-state index in [2.05, 4.69) is 20.8 Å². The van der Waals surface area contributed by atoms with Crippen molar-refractivity contribution in [3.63, 3.8) is 0 Å². The van der Waals surface area contributed by atoms with Crippen LogP contribution in [-0.4, -0.2) is 42.1 Å². The van der Waals surface area contributed by atoms with Crippen LogP contribution in [0.2, 0.25) is 0 Å². The lowest BCUT2D eigenvalue weighted by molar-refractivity contribution is -0.180. The molecule has 4 nitrogen and oxygen atoms in total. The molecule has 0 radical (unpaired) electrons. The maximum atomic E-state index is 12.8. The first kappa shape index (κ1) is 17.7. The molecule has 2 rings (SSSR count). The van der Waals surface area contributed by atoms with Crippen molar-refractivity contribution in [1.82, 2.24) is 4.90 Å². The number of ether oxygens (including phenoxy) is 1. The van der Waals surface area contributed by atoms with Crippen LogP contribution in [0.4, 0.5) is 0 Å². The lowest BCUT2D eigenvalue weighted by Gasteiger charge is -2.59. The molecule has 0 spiro atoms. The van der Waals surface area contributed by atoms with Crippen molar-refractivity contribution >= 4 is 18.3 Å². The highest BCUT2D eigenvalue weighted by molar-refractivity contribution is 5.89. The molecule has 1 saturated heterocycles. The molecule has 1 aliphatic heterocycles. The topological polar surface area (TPSA) is 55.6 Å². The van der Waals surface area contributed by atoms with E-state index in [-0.39, 0.29) is 29.8 Å². The molecule has 0 aromatic heterocycles. The summed E-state index contributed by atoms with van der Waals surface area (Å²) in [5, 5.41) is 0. The number of carbonyl (C=O) groups is 1. The van der Waals surface area contributed by atoms with Crippen molar-refractivity contribution in [2.24, 2.45) is 17.1 Å². The number of halogens is 1. The molecule has 1 heterocycles. The number of rotatable bonds is 3. The Morgan fingerprint density at radius 1 is 1.45 bits per heavy atom. The zero-order valence-electron chi connectivity index (χ0n) is 13.1. The Balaban J connectivity index is 0.00000200. The zero-order valence-corrected chi connectivity index (χ0v) is 14.0. The standard InChI is InChI=1S/C15H28N2O2.ClH/c1-5-19-12-9-15(16,14(12,3)4)13(18)17-8-6-7-11(2)10-17;/h11-12H,5-10,16H2,1-4H3;1H. The van der Waals surface area contributed by atoms with E-state index in [1.165, 1.54) is 6.42 Å². The SMILES string of the molecule is CCOC1CC(N)(C(=O)N2CCCC(C)C2)C1(C)C.Cl. The Morgan fingerprint density at radius 3 is 2.60 bits per heavy atom. The second kappa shape index (κ2) is 6.20. The Labute approximate surface area is 128 Å². The van der Waals surface area contributed by atoms with E-state index >= 15 is 0 Å². The molecule has 2 aliphatic rings. The Morgan fingerprint density at radius 2 is 2.10 bits per heavy atom. The summed E-state index contributed by atoms with van der Waals surface area (Å²) < 4.78 is 5.70.